The third-order valence-corrected chi connectivity index (χ3v) is 3.21. The van der Waals surface area contributed by atoms with Gasteiger partial charge in [-0.3, -0.25) is 9.78 Å². The maximum Gasteiger partial charge on any atom is 0.155 e. The van der Waals surface area contributed by atoms with Crippen molar-refractivity contribution in [3.8, 4) is 5.69 Å². The SMILES string of the molecule is Cc1nn(-c2ccccc2)c(Cl)c1C=O.Nc1cccnc1. The van der Waals surface area contributed by atoms with E-state index in [0.717, 1.165) is 12.0 Å². The van der Waals surface area contributed by atoms with E-state index in [1.807, 2.05) is 30.3 Å². The summed E-state index contributed by atoms with van der Waals surface area (Å²) in [6, 6.07) is 13.1. The average molecular weight is 315 g/mol. The fourth-order valence-corrected chi connectivity index (χ4v) is 2.08. The largest absolute Gasteiger partial charge is 0.397 e. The monoisotopic (exact) mass is 314 g/mol. The smallest absolute Gasteiger partial charge is 0.155 e. The molecule has 0 radical (unpaired) electrons. The van der Waals surface area contributed by atoms with E-state index < -0.39 is 0 Å². The molecule has 0 amide bonds. The first-order valence-corrected chi connectivity index (χ1v) is 6.92. The van der Waals surface area contributed by atoms with Crippen molar-refractivity contribution >= 4 is 23.6 Å². The van der Waals surface area contributed by atoms with E-state index in [2.05, 4.69) is 10.1 Å². The highest BCUT2D eigenvalue weighted by Crippen LogP contribution is 2.21. The molecule has 0 atom stereocenters. The van der Waals surface area contributed by atoms with Gasteiger partial charge in [-0.25, -0.2) is 4.68 Å². The van der Waals surface area contributed by atoms with Gasteiger partial charge in [-0.1, -0.05) is 29.8 Å². The van der Waals surface area contributed by atoms with Crippen LogP contribution >= 0.6 is 11.6 Å². The molecule has 3 rings (SSSR count). The molecule has 1 aromatic carbocycles. The molecule has 0 aliphatic carbocycles. The van der Waals surface area contributed by atoms with Crippen molar-refractivity contribution < 1.29 is 4.79 Å². The predicted octanol–water partition coefficient (Wildman–Crippen LogP) is 3.31. The van der Waals surface area contributed by atoms with Crippen LogP contribution < -0.4 is 5.73 Å². The Bertz CT molecular complexity index is 742. The summed E-state index contributed by atoms with van der Waals surface area (Å²) in [5, 5.41) is 4.56. The van der Waals surface area contributed by atoms with E-state index in [1.54, 1.807) is 36.1 Å². The molecule has 0 aliphatic heterocycles. The second kappa shape index (κ2) is 7.38. The van der Waals surface area contributed by atoms with Gasteiger partial charge < -0.3 is 5.73 Å². The van der Waals surface area contributed by atoms with Crippen molar-refractivity contribution in [2.24, 2.45) is 0 Å². The fraction of sp³-hybridized carbons (Fsp3) is 0.0625. The Morgan fingerprint density at radius 1 is 1.18 bits per heavy atom. The average Bonchev–Trinajstić information content (AvgIpc) is 2.84. The minimum atomic E-state index is 0.355. The molecule has 0 fully saturated rings. The Hall–Kier alpha value is -2.66. The van der Waals surface area contributed by atoms with Gasteiger partial charge in [-0.05, 0) is 31.2 Å². The number of hydrogen-bond donors (Lipinski definition) is 1. The van der Waals surface area contributed by atoms with Gasteiger partial charge in [-0.15, -0.1) is 0 Å². The number of nitrogen functional groups attached to an aromatic ring is 1. The van der Waals surface area contributed by atoms with E-state index in [-0.39, 0.29) is 0 Å². The number of halogens is 1. The van der Waals surface area contributed by atoms with Gasteiger partial charge in [0.25, 0.3) is 0 Å². The Morgan fingerprint density at radius 3 is 2.36 bits per heavy atom. The third-order valence-electron chi connectivity index (χ3n) is 2.85. The quantitative estimate of drug-likeness (QED) is 0.736. The molecule has 2 N–H and O–H groups in total. The van der Waals surface area contributed by atoms with E-state index in [1.165, 1.54) is 0 Å². The molecule has 2 aromatic heterocycles. The second-order valence-electron chi connectivity index (χ2n) is 4.44. The fourth-order valence-electron chi connectivity index (χ4n) is 1.76. The van der Waals surface area contributed by atoms with Crippen LogP contribution in [0, 0.1) is 6.92 Å². The van der Waals surface area contributed by atoms with Gasteiger partial charge in [0.1, 0.15) is 5.15 Å². The van der Waals surface area contributed by atoms with E-state index in [9.17, 15) is 4.79 Å². The van der Waals surface area contributed by atoms with Crippen LogP contribution in [0.4, 0.5) is 5.69 Å². The lowest BCUT2D eigenvalue weighted by Crippen LogP contribution is -1.95. The number of hydrogen-bond acceptors (Lipinski definition) is 4. The molecule has 0 spiro atoms. The molecular formula is C16H15ClN4O. The predicted molar refractivity (Wildman–Crippen MR) is 87.3 cm³/mol. The Balaban J connectivity index is 0.000000211. The summed E-state index contributed by atoms with van der Waals surface area (Å²) in [6.45, 7) is 1.76. The highest BCUT2D eigenvalue weighted by Gasteiger charge is 2.13. The summed E-state index contributed by atoms with van der Waals surface area (Å²) in [6.07, 6.45) is 4.03. The number of carbonyl (C=O) groups is 1. The van der Waals surface area contributed by atoms with Crippen LogP contribution in [0.15, 0.2) is 54.9 Å². The van der Waals surface area contributed by atoms with E-state index in [4.69, 9.17) is 17.3 Å². The lowest BCUT2D eigenvalue weighted by atomic mass is 10.3. The lowest BCUT2D eigenvalue weighted by Gasteiger charge is -2.01. The van der Waals surface area contributed by atoms with Crippen molar-refractivity contribution in [3.63, 3.8) is 0 Å². The zero-order valence-corrected chi connectivity index (χ0v) is 12.7. The molecule has 6 heteroatoms. The molecule has 112 valence electrons. The maximum atomic E-state index is 10.8. The maximum absolute atomic E-state index is 10.8. The number of carbonyl (C=O) groups excluding carboxylic acids is 1. The first-order valence-electron chi connectivity index (χ1n) is 6.54. The van der Waals surface area contributed by atoms with Crippen LogP contribution in [-0.2, 0) is 0 Å². The van der Waals surface area contributed by atoms with Crippen LogP contribution in [0.1, 0.15) is 16.1 Å². The Kier molecular flexibility index (Phi) is 5.27. The van der Waals surface area contributed by atoms with Crippen LogP contribution in [0.25, 0.3) is 5.69 Å². The van der Waals surface area contributed by atoms with Crippen molar-refractivity contribution in [1.29, 1.82) is 0 Å². The van der Waals surface area contributed by atoms with E-state index >= 15 is 0 Å². The molecule has 0 unspecified atom stereocenters. The van der Waals surface area contributed by atoms with Crippen LogP contribution in [0.2, 0.25) is 5.15 Å². The van der Waals surface area contributed by atoms with Gasteiger partial charge in [-0.2, -0.15) is 5.10 Å². The zero-order valence-electron chi connectivity index (χ0n) is 12.0. The highest BCUT2D eigenvalue weighted by atomic mass is 35.5. The molecular weight excluding hydrogens is 300 g/mol. The second-order valence-corrected chi connectivity index (χ2v) is 4.80. The van der Waals surface area contributed by atoms with E-state index in [0.29, 0.717) is 22.1 Å². The minimum Gasteiger partial charge on any atom is -0.397 e. The highest BCUT2D eigenvalue weighted by molar-refractivity contribution is 6.32. The van der Waals surface area contributed by atoms with Gasteiger partial charge in [0, 0.05) is 12.4 Å². The molecule has 0 bridgehead atoms. The molecule has 5 nitrogen and oxygen atoms in total. The summed E-state index contributed by atoms with van der Waals surface area (Å²) in [4.78, 5) is 14.5. The van der Waals surface area contributed by atoms with Crippen LogP contribution in [0.3, 0.4) is 0 Å². The number of rotatable bonds is 2. The molecule has 0 saturated carbocycles. The summed E-state index contributed by atoms with van der Waals surface area (Å²) < 4.78 is 1.56. The molecule has 0 saturated heterocycles. The number of pyridine rings is 1. The number of aromatic nitrogens is 3. The van der Waals surface area contributed by atoms with Crippen LogP contribution in [-0.4, -0.2) is 21.1 Å². The van der Waals surface area contributed by atoms with Crippen molar-refractivity contribution in [3.05, 3.63) is 71.3 Å². The van der Waals surface area contributed by atoms with Gasteiger partial charge in [0.15, 0.2) is 6.29 Å². The molecule has 22 heavy (non-hydrogen) atoms. The number of anilines is 1. The summed E-state index contributed by atoms with van der Waals surface area (Å²) in [5.41, 5.74) is 7.93. The van der Waals surface area contributed by atoms with Crippen molar-refractivity contribution in [1.82, 2.24) is 14.8 Å². The van der Waals surface area contributed by atoms with Crippen molar-refractivity contribution in [2.45, 2.75) is 6.92 Å². The first-order chi connectivity index (χ1) is 10.6. The third kappa shape index (κ3) is 3.71. The van der Waals surface area contributed by atoms with Crippen LogP contribution in [0.5, 0.6) is 0 Å². The number of aldehydes is 1. The number of aryl methyl sites for hydroxylation is 1. The number of benzene rings is 1. The summed E-state index contributed by atoms with van der Waals surface area (Å²) >= 11 is 6.03. The first kappa shape index (κ1) is 15.7. The lowest BCUT2D eigenvalue weighted by molar-refractivity contribution is 0.112. The Morgan fingerprint density at radius 2 is 1.91 bits per heavy atom. The van der Waals surface area contributed by atoms with Crippen molar-refractivity contribution in [2.75, 3.05) is 5.73 Å². The van der Waals surface area contributed by atoms with Gasteiger partial charge in [0.05, 0.1) is 22.6 Å². The summed E-state index contributed by atoms with van der Waals surface area (Å²) in [7, 11) is 0. The standard InChI is InChI=1S/C11H9ClN2O.C5H6N2/c1-8-10(7-15)11(12)14(13-8)9-5-3-2-4-6-9;6-5-2-1-3-7-4-5/h2-7H,1H3;1-4H,6H2. The molecule has 3 aromatic rings. The molecule has 0 aliphatic rings. The normalized spacial score (nSPS) is 9.73. The number of para-hydroxylation sites is 1. The summed E-state index contributed by atoms with van der Waals surface area (Å²) in [5.74, 6) is 0. The Labute approximate surface area is 133 Å². The minimum absolute atomic E-state index is 0.355. The van der Waals surface area contributed by atoms with Gasteiger partial charge in [0.2, 0.25) is 0 Å². The number of nitrogens with two attached hydrogens (primary N) is 1. The number of nitrogens with zero attached hydrogens (tertiary/aromatic N) is 3. The van der Waals surface area contributed by atoms with Gasteiger partial charge >= 0.3 is 0 Å². The molecule has 2 heterocycles. The topological polar surface area (TPSA) is 73.8 Å². The zero-order chi connectivity index (χ0) is 15.9.